The third kappa shape index (κ3) is 3.26. The predicted molar refractivity (Wildman–Crippen MR) is 89.3 cm³/mol. The molecule has 0 aliphatic heterocycles. The minimum Gasteiger partial charge on any atom is -0.481 e. The fraction of sp³-hybridized carbons (Fsp3) is 0.263. The minimum absolute atomic E-state index is 0.199. The van der Waals surface area contributed by atoms with Gasteiger partial charge in [-0.2, -0.15) is 0 Å². The molecule has 0 aliphatic carbocycles. The summed E-state index contributed by atoms with van der Waals surface area (Å²) in [6.45, 7) is 3.64. The van der Waals surface area contributed by atoms with Gasteiger partial charge in [-0.05, 0) is 24.1 Å². The van der Waals surface area contributed by atoms with Gasteiger partial charge in [0.05, 0.1) is 6.54 Å². The summed E-state index contributed by atoms with van der Waals surface area (Å²) in [4.78, 5) is 10.8. The molecule has 23 heavy (non-hydrogen) atoms. The van der Waals surface area contributed by atoms with Gasteiger partial charge in [-0.3, -0.25) is 4.79 Å². The molecular formula is C19H21N2O2+. The van der Waals surface area contributed by atoms with Crippen LogP contribution in [0.4, 0.5) is 0 Å². The molecule has 4 heteroatoms. The van der Waals surface area contributed by atoms with Gasteiger partial charge in [0.25, 0.3) is 5.82 Å². The zero-order valence-corrected chi connectivity index (χ0v) is 13.3. The first-order valence-corrected chi connectivity index (χ1v) is 7.90. The maximum atomic E-state index is 10.8. The average molecular weight is 309 g/mol. The molecular weight excluding hydrogens is 288 g/mol. The second-order valence-corrected chi connectivity index (χ2v) is 5.76. The molecule has 1 N–H and O–H groups in total. The summed E-state index contributed by atoms with van der Waals surface area (Å²) >= 11 is 0. The Labute approximate surface area is 135 Å². The molecule has 0 aliphatic rings. The number of hydrogen-bond acceptors (Lipinski definition) is 1. The molecule has 3 rings (SSSR count). The Morgan fingerprint density at radius 1 is 1.09 bits per heavy atom. The Kier molecular flexibility index (Phi) is 4.42. The lowest BCUT2D eigenvalue weighted by atomic mass is 10.2. The number of benzene rings is 2. The van der Waals surface area contributed by atoms with Gasteiger partial charge in [-0.25, -0.2) is 9.13 Å². The number of carboxylic acids is 1. The summed E-state index contributed by atoms with van der Waals surface area (Å²) in [5.74, 6) is 0.414. The summed E-state index contributed by atoms with van der Waals surface area (Å²) in [7, 11) is 0. The van der Waals surface area contributed by atoms with E-state index >= 15 is 0 Å². The molecule has 0 saturated heterocycles. The first-order valence-electron chi connectivity index (χ1n) is 7.90. The van der Waals surface area contributed by atoms with Gasteiger partial charge < -0.3 is 5.11 Å². The Balaban J connectivity index is 1.97. The maximum absolute atomic E-state index is 10.8. The quantitative estimate of drug-likeness (QED) is 0.711. The van der Waals surface area contributed by atoms with Gasteiger partial charge in [0.15, 0.2) is 11.0 Å². The van der Waals surface area contributed by atoms with E-state index in [4.69, 9.17) is 5.11 Å². The van der Waals surface area contributed by atoms with Crippen LogP contribution in [-0.4, -0.2) is 15.6 Å². The number of rotatable bonds is 6. The van der Waals surface area contributed by atoms with Crippen molar-refractivity contribution in [3.05, 3.63) is 66.0 Å². The lowest BCUT2D eigenvalue weighted by Crippen LogP contribution is -2.37. The predicted octanol–water partition coefficient (Wildman–Crippen LogP) is 3.15. The van der Waals surface area contributed by atoms with Gasteiger partial charge in [0.2, 0.25) is 0 Å². The highest BCUT2D eigenvalue weighted by atomic mass is 16.4. The van der Waals surface area contributed by atoms with Crippen molar-refractivity contribution >= 4 is 17.0 Å². The van der Waals surface area contributed by atoms with Crippen molar-refractivity contribution in [2.45, 2.75) is 32.9 Å². The van der Waals surface area contributed by atoms with E-state index in [1.165, 1.54) is 11.1 Å². The molecule has 4 nitrogen and oxygen atoms in total. The number of carboxylic acid groups (broad SMARTS) is 1. The second-order valence-electron chi connectivity index (χ2n) is 5.76. The Hall–Kier alpha value is -2.62. The van der Waals surface area contributed by atoms with Crippen LogP contribution in [0.5, 0.6) is 0 Å². The van der Waals surface area contributed by atoms with Crippen LogP contribution in [0.15, 0.2) is 54.6 Å². The van der Waals surface area contributed by atoms with Crippen LogP contribution in [0.1, 0.15) is 24.2 Å². The number of carbonyl (C=O) groups is 1. The number of para-hydroxylation sites is 2. The van der Waals surface area contributed by atoms with Crippen molar-refractivity contribution in [1.29, 1.82) is 0 Å². The van der Waals surface area contributed by atoms with Crippen molar-refractivity contribution in [2.24, 2.45) is 0 Å². The molecule has 0 unspecified atom stereocenters. The Bertz CT molecular complexity index is 822. The fourth-order valence-electron chi connectivity index (χ4n) is 3.05. The first-order chi connectivity index (χ1) is 11.2. The molecule has 0 saturated carbocycles. The number of aliphatic carboxylic acids is 1. The van der Waals surface area contributed by atoms with Crippen LogP contribution in [0.2, 0.25) is 0 Å². The van der Waals surface area contributed by atoms with E-state index in [-0.39, 0.29) is 6.42 Å². The minimum atomic E-state index is -0.740. The standard InChI is InChI=1S/C19H20N2O2/c1-15-20(13-7-12-19(22)23)17-10-5-6-11-18(17)21(15)14-16-8-3-2-4-9-16/h2-6,8-11H,7,12-14H2,1H3/p+1. The van der Waals surface area contributed by atoms with Gasteiger partial charge in [0.1, 0.15) is 6.54 Å². The van der Waals surface area contributed by atoms with E-state index in [1.54, 1.807) is 0 Å². The third-order valence-electron chi connectivity index (χ3n) is 4.20. The molecule has 1 heterocycles. The summed E-state index contributed by atoms with van der Waals surface area (Å²) in [6.07, 6.45) is 0.838. The van der Waals surface area contributed by atoms with Crippen molar-refractivity contribution < 1.29 is 14.5 Å². The number of aryl methyl sites for hydroxylation is 1. The largest absolute Gasteiger partial charge is 0.481 e. The van der Waals surface area contributed by atoms with E-state index in [0.717, 1.165) is 24.4 Å². The van der Waals surface area contributed by atoms with Crippen LogP contribution < -0.4 is 4.57 Å². The summed E-state index contributed by atoms with van der Waals surface area (Å²) in [5, 5.41) is 8.86. The van der Waals surface area contributed by atoms with Crippen LogP contribution in [0.25, 0.3) is 11.0 Å². The second kappa shape index (κ2) is 6.65. The molecule has 118 valence electrons. The zero-order chi connectivity index (χ0) is 16.2. The SMILES string of the molecule is Cc1n(CCCC(=O)O)c2ccccc2[n+]1Cc1ccccc1. The highest BCUT2D eigenvalue weighted by molar-refractivity contribution is 5.72. The van der Waals surface area contributed by atoms with Gasteiger partial charge in [0, 0.05) is 13.3 Å². The molecule has 0 atom stereocenters. The molecule has 2 aromatic carbocycles. The normalized spacial score (nSPS) is 11.0. The van der Waals surface area contributed by atoms with Crippen LogP contribution >= 0.6 is 0 Å². The topological polar surface area (TPSA) is 46.1 Å². The zero-order valence-electron chi connectivity index (χ0n) is 13.3. The van der Waals surface area contributed by atoms with E-state index in [0.29, 0.717) is 6.42 Å². The molecule has 0 amide bonds. The average Bonchev–Trinajstić information content (AvgIpc) is 2.81. The Morgan fingerprint density at radius 2 is 1.78 bits per heavy atom. The Morgan fingerprint density at radius 3 is 2.52 bits per heavy atom. The van der Waals surface area contributed by atoms with Crippen LogP contribution in [0.3, 0.4) is 0 Å². The summed E-state index contributed by atoms with van der Waals surface area (Å²) < 4.78 is 4.52. The van der Waals surface area contributed by atoms with Crippen molar-refractivity contribution in [2.75, 3.05) is 0 Å². The number of imidazole rings is 1. The van der Waals surface area contributed by atoms with Crippen molar-refractivity contribution in [3.63, 3.8) is 0 Å². The van der Waals surface area contributed by atoms with Crippen molar-refractivity contribution in [1.82, 2.24) is 4.57 Å². The lowest BCUT2D eigenvalue weighted by Gasteiger charge is -2.02. The number of hydrogen-bond donors (Lipinski definition) is 1. The molecule has 0 bridgehead atoms. The van der Waals surface area contributed by atoms with E-state index in [2.05, 4.69) is 52.5 Å². The van der Waals surface area contributed by atoms with E-state index in [1.807, 2.05) is 18.2 Å². The molecule has 0 radical (unpaired) electrons. The van der Waals surface area contributed by atoms with E-state index < -0.39 is 5.97 Å². The number of nitrogens with zero attached hydrogens (tertiary/aromatic N) is 2. The van der Waals surface area contributed by atoms with Crippen LogP contribution in [-0.2, 0) is 17.9 Å². The lowest BCUT2D eigenvalue weighted by molar-refractivity contribution is -0.669. The molecule has 0 fully saturated rings. The molecule has 3 aromatic rings. The highest BCUT2D eigenvalue weighted by Gasteiger charge is 2.21. The van der Waals surface area contributed by atoms with Crippen molar-refractivity contribution in [3.8, 4) is 0 Å². The van der Waals surface area contributed by atoms with Gasteiger partial charge in [-0.1, -0.05) is 42.5 Å². The first kappa shape index (κ1) is 15.3. The molecule has 1 aromatic heterocycles. The smallest absolute Gasteiger partial charge is 0.303 e. The molecule has 0 spiro atoms. The summed E-state index contributed by atoms with van der Waals surface area (Å²) in [6, 6.07) is 18.7. The monoisotopic (exact) mass is 309 g/mol. The third-order valence-corrected chi connectivity index (χ3v) is 4.20. The highest BCUT2D eigenvalue weighted by Crippen LogP contribution is 2.16. The van der Waals surface area contributed by atoms with Crippen LogP contribution in [0, 0.1) is 6.92 Å². The fourth-order valence-corrected chi connectivity index (χ4v) is 3.05. The van der Waals surface area contributed by atoms with Gasteiger partial charge in [-0.15, -0.1) is 0 Å². The van der Waals surface area contributed by atoms with Gasteiger partial charge >= 0.3 is 5.97 Å². The van der Waals surface area contributed by atoms with E-state index in [9.17, 15) is 4.79 Å². The number of fused-ring (bicyclic) bond motifs is 1. The maximum Gasteiger partial charge on any atom is 0.303 e. The number of aromatic nitrogens is 2. The summed E-state index contributed by atoms with van der Waals surface area (Å²) in [5.41, 5.74) is 3.60.